The summed E-state index contributed by atoms with van der Waals surface area (Å²) in [5.41, 5.74) is 5.05. The molecule has 0 heterocycles. The monoisotopic (exact) mass is 286 g/mol. The number of fused-ring (bicyclic) bond motifs is 4. The molecule has 0 aromatic carbocycles. The van der Waals surface area contributed by atoms with Crippen LogP contribution in [0.5, 0.6) is 0 Å². The smallest absolute Gasteiger partial charge is 0.0701 e. The Morgan fingerprint density at radius 3 is 2.86 bits per heavy atom. The van der Waals surface area contributed by atoms with Crippen molar-refractivity contribution in [2.75, 3.05) is 0 Å². The van der Waals surface area contributed by atoms with E-state index in [1.807, 2.05) is 5.57 Å². The van der Waals surface area contributed by atoms with Gasteiger partial charge in [0.15, 0.2) is 0 Å². The Balaban J connectivity index is 1.73. The fraction of sp³-hybridized carbons (Fsp3) is 0.800. The zero-order valence-electron chi connectivity index (χ0n) is 13.8. The van der Waals surface area contributed by atoms with Gasteiger partial charge in [-0.05, 0) is 92.6 Å². The predicted molar refractivity (Wildman–Crippen MR) is 87.0 cm³/mol. The van der Waals surface area contributed by atoms with Crippen LogP contribution >= 0.6 is 0 Å². The largest absolute Gasteiger partial charge is 0.389 e. The molecular formula is C20H30O. The van der Waals surface area contributed by atoms with Crippen LogP contribution in [0.3, 0.4) is 0 Å². The molecule has 0 amide bonds. The van der Waals surface area contributed by atoms with Crippen molar-refractivity contribution in [3.05, 3.63) is 22.8 Å². The molecular weight excluding hydrogens is 256 g/mol. The third kappa shape index (κ3) is 1.79. The minimum atomic E-state index is -0.392. The molecule has 0 aromatic heterocycles. The number of hydrogen-bond acceptors (Lipinski definition) is 1. The molecule has 4 atom stereocenters. The summed E-state index contributed by atoms with van der Waals surface area (Å²) in [6, 6.07) is 0. The number of aliphatic hydroxyl groups is 1. The van der Waals surface area contributed by atoms with Crippen molar-refractivity contribution >= 4 is 0 Å². The minimum Gasteiger partial charge on any atom is -0.389 e. The maximum atomic E-state index is 11.1. The van der Waals surface area contributed by atoms with Gasteiger partial charge < -0.3 is 5.11 Å². The first kappa shape index (κ1) is 14.1. The van der Waals surface area contributed by atoms with E-state index in [1.165, 1.54) is 51.4 Å². The normalized spacial score (nSPS) is 45.8. The van der Waals surface area contributed by atoms with E-state index in [2.05, 4.69) is 19.9 Å². The molecule has 1 heteroatoms. The van der Waals surface area contributed by atoms with Gasteiger partial charge in [-0.3, -0.25) is 0 Å². The summed E-state index contributed by atoms with van der Waals surface area (Å²) in [5, 5.41) is 11.1. The third-order valence-electron chi connectivity index (χ3n) is 7.70. The highest BCUT2D eigenvalue weighted by atomic mass is 16.3. The van der Waals surface area contributed by atoms with Gasteiger partial charge in [0.2, 0.25) is 0 Å². The van der Waals surface area contributed by atoms with Crippen molar-refractivity contribution in [3.63, 3.8) is 0 Å². The van der Waals surface area contributed by atoms with Gasteiger partial charge in [0.1, 0.15) is 0 Å². The Bertz CT molecular complexity index is 514. The molecule has 21 heavy (non-hydrogen) atoms. The number of rotatable bonds is 1. The van der Waals surface area contributed by atoms with Crippen LogP contribution in [0, 0.1) is 17.3 Å². The second-order valence-electron chi connectivity index (χ2n) is 8.22. The van der Waals surface area contributed by atoms with Crippen LogP contribution in [-0.2, 0) is 0 Å². The summed E-state index contributed by atoms with van der Waals surface area (Å²) in [4.78, 5) is 0. The molecule has 0 bridgehead atoms. The van der Waals surface area contributed by atoms with Crippen molar-refractivity contribution in [2.45, 2.75) is 83.7 Å². The van der Waals surface area contributed by atoms with Crippen LogP contribution in [0.1, 0.15) is 78.1 Å². The van der Waals surface area contributed by atoms with Crippen LogP contribution in [-0.4, -0.2) is 10.7 Å². The maximum Gasteiger partial charge on any atom is 0.0701 e. The van der Waals surface area contributed by atoms with Crippen molar-refractivity contribution in [1.82, 2.24) is 0 Å². The summed E-state index contributed by atoms with van der Waals surface area (Å²) in [6.07, 6.45) is 14.9. The average Bonchev–Trinajstić information content (AvgIpc) is 2.79. The quantitative estimate of drug-likeness (QED) is 0.706. The number of allylic oxidation sites excluding steroid dienone is 4. The third-order valence-corrected chi connectivity index (χ3v) is 7.70. The Labute approximate surface area is 129 Å². The first-order valence-corrected chi connectivity index (χ1v) is 9.23. The van der Waals surface area contributed by atoms with Crippen molar-refractivity contribution in [3.8, 4) is 0 Å². The van der Waals surface area contributed by atoms with Gasteiger partial charge in [-0.15, -0.1) is 0 Å². The van der Waals surface area contributed by atoms with Crippen LogP contribution in [0.2, 0.25) is 0 Å². The van der Waals surface area contributed by atoms with E-state index in [0.29, 0.717) is 0 Å². The Morgan fingerprint density at radius 1 is 1.19 bits per heavy atom. The van der Waals surface area contributed by atoms with Crippen molar-refractivity contribution in [1.29, 1.82) is 0 Å². The van der Waals surface area contributed by atoms with Crippen LogP contribution in [0.4, 0.5) is 0 Å². The summed E-state index contributed by atoms with van der Waals surface area (Å²) in [7, 11) is 0. The SMILES string of the molecule is CC[C@@]1(O)CC[C@H]2[C@@H]3CCC4=CCCCC4=C3CC[C@@]21C. The van der Waals surface area contributed by atoms with Crippen LogP contribution in [0.25, 0.3) is 0 Å². The molecule has 2 fully saturated rings. The summed E-state index contributed by atoms with van der Waals surface area (Å²) in [5.74, 6) is 1.52. The topological polar surface area (TPSA) is 20.2 Å². The molecule has 4 aliphatic rings. The summed E-state index contributed by atoms with van der Waals surface area (Å²) >= 11 is 0. The van der Waals surface area contributed by atoms with Gasteiger partial charge in [-0.1, -0.05) is 25.5 Å². The molecule has 0 aromatic rings. The molecule has 4 aliphatic carbocycles. The lowest BCUT2D eigenvalue weighted by Gasteiger charge is -2.52. The molecule has 0 aliphatic heterocycles. The highest BCUT2D eigenvalue weighted by Crippen LogP contribution is 2.64. The molecule has 1 nitrogen and oxygen atoms in total. The highest BCUT2D eigenvalue weighted by molar-refractivity contribution is 5.43. The first-order chi connectivity index (χ1) is 10.1. The van der Waals surface area contributed by atoms with Gasteiger partial charge >= 0.3 is 0 Å². The molecule has 4 rings (SSSR count). The van der Waals surface area contributed by atoms with E-state index in [9.17, 15) is 5.11 Å². The molecule has 0 saturated heterocycles. The lowest BCUT2D eigenvalue weighted by Crippen LogP contribution is -2.49. The lowest BCUT2D eigenvalue weighted by molar-refractivity contribution is -0.0913. The fourth-order valence-corrected chi connectivity index (χ4v) is 6.33. The Morgan fingerprint density at radius 2 is 2.05 bits per heavy atom. The molecule has 0 spiro atoms. The van der Waals surface area contributed by atoms with E-state index in [4.69, 9.17) is 0 Å². The van der Waals surface area contributed by atoms with Crippen LogP contribution in [0.15, 0.2) is 22.8 Å². The standard InChI is InChI=1S/C20H30O/c1-3-20(21)13-11-18-17-9-8-14-6-4-5-7-15(14)16(17)10-12-19(18,20)2/h6,17-18,21H,3-5,7-13H2,1-2H3/t17-,18+,19+,20-/m1/s1. The summed E-state index contributed by atoms with van der Waals surface area (Å²) < 4.78 is 0. The van der Waals surface area contributed by atoms with Gasteiger partial charge in [0.25, 0.3) is 0 Å². The van der Waals surface area contributed by atoms with E-state index in [1.54, 1.807) is 11.1 Å². The van der Waals surface area contributed by atoms with Crippen molar-refractivity contribution in [2.24, 2.45) is 17.3 Å². The van der Waals surface area contributed by atoms with E-state index < -0.39 is 5.60 Å². The molecule has 0 radical (unpaired) electrons. The fourth-order valence-electron chi connectivity index (χ4n) is 6.33. The maximum absolute atomic E-state index is 11.1. The molecule has 116 valence electrons. The van der Waals surface area contributed by atoms with Crippen LogP contribution < -0.4 is 0 Å². The molecule has 1 N–H and O–H groups in total. The van der Waals surface area contributed by atoms with E-state index in [-0.39, 0.29) is 5.41 Å². The lowest BCUT2D eigenvalue weighted by atomic mass is 9.54. The molecule has 0 unspecified atom stereocenters. The molecule has 2 saturated carbocycles. The minimum absolute atomic E-state index is 0.173. The second-order valence-corrected chi connectivity index (χ2v) is 8.22. The zero-order valence-corrected chi connectivity index (χ0v) is 13.8. The highest BCUT2D eigenvalue weighted by Gasteiger charge is 2.59. The first-order valence-electron chi connectivity index (χ1n) is 9.23. The van der Waals surface area contributed by atoms with E-state index in [0.717, 1.165) is 24.7 Å². The van der Waals surface area contributed by atoms with Gasteiger partial charge in [0.05, 0.1) is 5.60 Å². The van der Waals surface area contributed by atoms with Gasteiger partial charge in [-0.2, -0.15) is 0 Å². The Hall–Kier alpha value is -0.560. The Kier molecular flexibility index (Phi) is 3.16. The van der Waals surface area contributed by atoms with E-state index >= 15 is 0 Å². The van der Waals surface area contributed by atoms with Gasteiger partial charge in [0, 0.05) is 0 Å². The average molecular weight is 286 g/mol. The van der Waals surface area contributed by atoms with Crippen molar-refractivity contribution < 1.29 is 5.11 Å². The predicted octanol–water partition coefficient (Wildman–Crippen LogP) is 5.15. The van der Waals surface area contributed by atoms with Gasteiger partial charge in [-0.25, -0.2) is 0 Å². The number of hydrogen-bond donors (Lipinski definition) is 1. The summed E-state index contributed by atoms with van der Waals surface area (Å²) in [6.45, 7) is 4.59. The second kappa shape index (κ2) is 4.72. The zero-order chi connectivity index (χ0) is 14.7.